The second-order valence-electron chi connectivity index (χ2n) is 8.19. The minimum atomic E-state index is -0.316. The molecule has 0 aromatic heterocycles. The zero-order valence-electron chi connectivity index (χ0n) is 18.3. The van der Waals surface area contributed by atoms with E-state index in [9.17, 15) is 9.59 Å². The number of allylic oxidation sites excluding steroid dienone is 3. The SMILES string of the molecule is CCCC(=O)C(=C1CCC1)/C(=C/N1CCc2cc(C(=O)OC)ccc21)c1ccccc1. The van der Waals surface area contributed by atoms with Crippen LogP contribution in [0.15, 0.2) is 65.9 Å². The van der Waals surface area contributed by atoms with Crippen molar-refractivity contribution in [2.24, 2.45) is 0 Å². The summed E-state index contributed by atoms with van der Waals surface area (Å²) in [4.78, 5) is 27.3. The highest BCUT2D eigenvalue weighted by atomic mass is 16.5. The van der Waals surface area contributed by atoms with Gasteiger partial charge in [-0.1, -0.05) is 42.8 Å². The molecule has 4 nitrogen and oxygen atoms in total. The van der Waals surface area contributed by atoms with Crippen LogP contribution in [0.3, 0.4) is 0 Å². The molecule has 160 valence electrons. The summed E-state index contributed by atoms with van der Waals surface area (Å²) in [5.41, 5.74) is 7.07. The highest BCUT2D eigenvalue weighted by molar-refractivity contribution is 6.11. The van der Waals surface area contributed by atoms with Crippen molar-refractivity contribution in [2.45, 2.75) is 45.4 Å². The van der Waals surface area contributed by atoms with Gasteiger partial charge in [0.05, 0.1) is 12.7 Å². The first-order valence-electron chi connectivity index (χ1n) is 11.1. The Bertz CT molecular complexity index is 1040. The van der Waals surface area contributed by atoms with E-state index in [2.05, 4.69) is 30.2 Å². The first-order valence-corrected chi connectivity index (χ1v) is 11.1. The second kappa shape index (κ2) is 9.34. The fourth-order valence-corrected chi connectivity index (χ4v) is 4.36. The molecule has 4 heteroatoms. The fraction of sp³-hybridized carbons (Fsp3) is 0.333. The summed E-state index contributed by atoms with van der Waals surface area (Å²) < 4.78 is 4.86. The van der Waals surface area contributed by atoms with E-state index < -0.39 is 0 Å². The maximum atomic E-state index is 13.2. The Labute approximate surface area is 184 Å². The van der Waals surface area contributed by atoms with Crippen molar-refractivity contribution in [1.29, 1.82) is 0 Å². The van der Waals surface area contributed by atoms with Gasteiger partial charge < -0.3 is 9.64 Å². The van der Waals surface area contributed by atoms with E-state index >= 15 is 0 Å². The molecule has 2 aromatic carbocycles. The Balaban J connectivity index is 1.78. The fourth-order valence-electron chi connectivity index (χ4n) is 4.36. The Kier molecular flexibility index (Phi) is 6.36. The molecule has 0 amide bonds. The predicted molar refractivity (Wildman–Crippen MR) is 124 cm³/mol. The summed E-state index contributed by atoms with van der Waals surface area (Å²) in [5, 5.41) is 0. The zero-order chi connectivity index (χ0) is 21.8. The average Bonchev–Trinajstić information content (AvgIpc) is 3.17. The molecule has 0 radical (unpaired) electrons. The van der Waals surface area contributed by atoms with E-state index in [-0.39, 0.29) is 11.8 Å². The van der Waals surface area contributed by atoms with Crippen molar-refractivity contribution in [3.63, 3.8) is 0 Å². The number of anilines is 1. The van der Waals surface area contributed by atoms with Crippen LogP contribution in [-0.4, -0.2) is 25.4 Å². The molecular formula is C27H29NO3. The second-order valence-corrected chi connectivity index (χ2v) is 8.19. The summed E-state index contributed by atoms with van der Waals surface area (Å²) in [6.07, 6.45) is 7.59. The molecule has 2 aromatic rings. The third-order valence-corrected chi connectivity index (χ3v) is 6.14. The lowest BCUT2D eigenvalue weighted by atomic mass is 9.81. The molecule has 1 heterocycles. The molecule has 0 bridgehead atoms. The third-order valence-electron chi connectivity index (χ3n) is 6.14. The number of fused-ring (bicyclic) bond motifs is 1. The molecule has 1 aliphatic carbocycles. The summed E-state index contributed by atoms with van der Waals surface area (Å²) in [5.74, 6) is -0.0725. The molecule has 0 N–H and O–H groups in total. The van der Waals surface area contributed by atoms with Gasteiger partial charge in [0.15, 0.2) is 5.78 Å². The van der Waals surface area contributed by atoms with Crippen molar-refractivity contribution in [3.05, 3.63) is 82.6 Å². The monoisotopic (exact) mass is 415 g/mol. The summed E-state index contributed by atoms with van der Waals surface area (Å²) in [6.45, 7) is 2.88. The van der Waals surface area contributed by atoms with Gasteiger partial charge in [-0.3, -0.25) is 4.79 Å². The minimum absolute atomic E-state index is 0.243. The first kappa shape index (κ1) is 21.1. The number of methoxy groups -OCH3 is 1. The Morgan fingerprint density at radius 2 is 1.81 bits per heavy atom. The van der Waals surface area contributed by atoms with Gasteiger partial charge >= 0.3 is 5.97 Å². The normalized spacial score (nSPS) is 15.4. The highest BCUT2D eigenvalue weighted by Gasteiger charge is 2.26. The lowest BCUT2D eigenvalue weighted by Gasteiger charge is -2.25. The molecule has 0 unspecified atom stereocenters. The van der Waals surface area contributed by atoms with Crippen molar-refractivity contribution in [1.82, 2.24) is 0 Å². The number of Topliss-reactive ketones (excluding diaryl/α,β-unsaturated/α-hetero) is 1. The number of hydrogen-bond acceptors (Lipinski definition) is 4. The molecular weight excluding hydrogens is 386 g/mol. The van der Waals surface area contributed by atoms with Gasteiger partial charge in [0.25, 0.3) is 0 Å². The molecule has 1 aliphatic heterocycles. The number of esters is 1. The Morgan fingerprint density at radius 3 is 2.45 bits per heavy atom. The number of carbonyl (C=O) groups excluding carboxylic acids is 2. The quantitative estimate of drug-likeness (QED) is 0.428. The molecule has 31 heavy (non-hydrogen) atoms. The van der Waals surface area contributed by atoms with E-state index in [1.165, 1.54) is 12.7 Å². The van der Waals surface area contributed by atoms with Gasteiger partial charge in [-0.25, -0.2) is 4.79 Å². The number of hydrogen-bond donors (Lipinski definition) is 0. The standard InChI is InChI=1S/C27H29NO3/c1-3-8-25(29)26(20-11-7-12-20)23(19-9-5-4-6-10-19)18-28-16-15-21-17-22(27(30)31-2)13-14-24(21)28/h4-6,9-10,13-14,17-18H,3,7-8,11-12,15-16H2,1-2H3/b23-18+. The number of carbonyl (C=O) groups is 2. The van der Waals surface area contributed by atoms with Gasteiger partial charge in [0, 0.05) is 36.0 Å². The van der Waals surface area contributed by atoms with E-state index in [4.69, 9.17) is 4.74 Å². The van der Waals surface area contributed by atoms with E-state index in [1.807, 2.05) is 36.4 Å². The average molecular weight is 416 g/mol. The Morgan fingerprint density at radius 1 is 1.03 bits per heavy atom. The van der Waals surface area contributed by atoms with Gasteiger partial charge in [-0.05, 0) is 61.4 Å². The van der Waals surface area contributed by atoms with Crippen LogP contribution in [0.1, 0.15) is 60.5 Å². The number of rotatable bonds is 7. The van der Waals surface area contributed by atoms with E-state index in [0.29, 0.717) is 12.0 Å². The molecule has 0 atom stereocenters. The maximum Gasteiger partial charge on any atom is 0.337 e. The highest BCUT2D eigenvalue weighted by Crippen LogP contribution is 2.38. The van der Waals surface area contributed by atoms with Crippen LogP contribution in [-0.2, 0) is 16.0 Å². The van der Waals surface area contributed by atoms with Crippen LogP contribution >= 0.6 is 0 Å². The lowest BCUT2D eigenvalue weighted by molar-refractivity contribution is -0.115. The summed E-state index contributed by atoms with van der Waals surface area (Å²) in [6, 6.07) is 15.9. The lowest BCUT2D eigenvalue weighted by Crippen LogP contribution is -2.17. The summed E-state index contributed by atoms with van der Waals surface area (Å²) >= 11 is 0. The third kappa shape index (κ3) is 4.34. The van der Waals surface area contributed by atoms with Crippen molar-refractivity contribution >= 4 is 23.0 Å². The van der Waals surface area contributed by atoms with Crippen molar-refractivity contribution in [3.8, 4) is 0 Å². The van der Waals surface area contributed by atoms with Crippen molar-refractivity contribution < 1.29 is 14.3 Å². The molecule has 0 spiro atoms. The number of benzene rings is 2. The molecule has 4 rings (SSSR count). The van der Waals surface area contributed by atoms with Crippen LogP contribution in [0.4, 0.5) is 5.69 Å². The summed E-state index contributed by atoms with van der Waals surface area (Å²) in [7, 11) is 1.40. The first-order chi connectivity index (χ1) is 15.1. The van der Waals surface area contributed by atoms with Gasteiger partial charge in [0.1, 0.15) is 0 Å². The zero-order valence-corrected chi connectivity index (χ0v) is 18.3. The molecule has 1 fully saturated rings. The van der Waals surface area contributed by atoms with Crippen LogP contribution in [0.25, 0.3) is 5.57 Å². The van der Waals surface area contributed by atoms with E-state index in [0.717, 1.165) is 66.6 Å². The molecule has 2 aliphatic rings. The molecule has 0 saturated heterocycles. The van der Waals surface area contributed by atoms with Crippen LogP contribution in [0, 0.1) is 0 Å². The number of ether oxygens (including phenoxy) is 1. The minimum Gasteiger partial charge on any atom is -0.465 e. The van der Waals surface area contributed by atoms with E-state index in [1.54, 1.807) is 0 Å². The van der Waals surface area contributed by atoms with Crippen LogP contribution < -0.4 is 4.90 Å². The largest absolute Gasteiger partial charge is 0.465 e. The van der Waals surface area contributed by atoms with Gasteiger partial charge in [-0.2, -0.15) is 0 Å². The van der Waals surface area contributed by atoms with Gasteiger partial charge in [-0.15, -0.1) is 0 Å². The smallest absolute Gasteiger partial charge is 0.337 e. The topological polar surface area (TPSA) is 46.6 Å². The van der Waals surface area contributed by atoms with Crippen molar-refractivity contribution in [2.75, 3.05) is 18.6 Å². The van der Waals surface area contributed by atoms with Crippen LogP contribution in [0.2, 0.25) is 0 Å². The molecule has 1 saturated carbocycles. The van der Waals surface area contributed by atoms with Gasteiger partial charge in [0.2, 0.25) is 0 Å². The Hall–Kier alpha value is -3.14. The van der Waals surface area contributed by atoms with Crippen LogP contribution in [0.5, 0.6) is 0 Å². The number of nitrogens with zero attached hydrogens (tertiary/aromatic N) is 1. The number of ketones is 1. The maximum absolute atomic E-state index is 13.2. The predicted octanol–water partition coefficient (Wildman–Crippen LogP) is 5.73.